The van der Waals surface area contributed by atoms with Crippen LogP contribution < -0.4 is 34.7 Å². The van der Waals surface area contributed by atoms with Crippen molar-refractivity contribution < 1.29 is 39.5 Å². The number of hydrogen-bond donors (Lipinski definition) is 0. The van der Waals surface area contributed by atoms with Gasteiger partial charge in [-0.1, -0.05) is 18.2 Å². The fraction of sp³-hybridized carbons (Fsp3) is 0.100. The molecule has 1 aliphatic carbocycles. The van der Waals surface area contributed by atoms with Gasteiger partial charge in [0.25, 0.3) is 0 Å². The molecular formula is C10H7N2NaO2. The summed E-state index contributed by atoms with van der Waals surface area (Å²) < 4.78 is 0. The molecule has 5 heteroatoms. The van der Waals surface area contributed by atoms with Crippen LogP contribution in [-0.2, 0) is 4.79 Å². The number of rotatable bonds is 1. The molecule has 0 bridgehead atoms. The molecule has 0 aromatic carbocycles. The summed E-state index contributed by atoms with van der Waals surface area (Å²) in [5.74, 6) is -1.15. The van der Waals surface area contributed by atoms with Gasteiger partial charge >= 0.3 is 29.6 Å². The van der Waals surface area contributed by atoms with Crippen molar-refractivity contribution in [1.29, 1.82) is 0 Å². The summed E-state index contributed by atoms with van der Waals surface area (Å²) in [6.45, 7) is 0. The number of nitrogens with zero attached hydrogens (tertiary/aromatic N) is 2. The Morgan fingerprint density at radius 2 is 2.20 bits per heavy atom. The number of aliphatic carboxylic acids is 1. The van der Waals surface area contributed by atoms with Crippen molar-refractivity contribution in [2.45, 2.75) is 6.42 Å². The van der Waals surface area contributed by atoms with E-state index in [2.05, 4.69) is 10.2 Å². The maximum absolute atomic E-state index is 10.6. The van der Waals surface area contributed by atoms with E-state index in [1.807, 2.05) is 6.08 Å². The van der Waals surface area contributed by atoms with Crippen molar-refractivity contribution in [2.24, 2.45) is 10.2 Å². The van der Waals surface area contributed by atoms with E-state index in [9.17, 15) is 9.90 Å². The smallest absolute Gasteiger partial charge is 0.545 e. The Hall–Kier alpha value is -0.970. The van der Waals surface area contributed by atoms with Crippen LogP contribution in [0.4, 0.5) is 0 Å². The Balaban J connectivity index is 0.00000112. The molecule has 2 rings (SSSR count). The summed E-state index contributed by atoms with van der Waals surface area (Å²) in [6.07, 6.45) is 8.69. The van der Waals surface area contributed by atoms with Gasteiger partial charge in [-0.15, -0.1) is 0 Å². The average Bonchev–Trinajstić information content (AvgIpc) is 2.41. The molecule has 0 saturated heterocycles. The zero-order valence-corrected chi connectivity index (χ0v) is 10.3. The molecule has 0 N–H and O–H groups in total. The van der Waals surface area contributed by atoms with Gasteiger partial charge in [0, 0.05) is 12.6 Å². The Morgan fingerprint density at radius 1 is 1.40 bits per heavy atom. The molecule has 0 amide bonds. The van der Waals surface area contributed by atoms with Crippen molar-refractivity contribution in [3.63, 3.8) is 0 Å². The average molecular weight is 210 g/mol. The maximum atomic E-state index is 10.6. The van der Waals surface area contributed by atoms with Crippen molar-refractivity contribution in [2.75, 3.05) is 0 Å². The van der Waals surface area contributed by atoms with E-state index < -0.39 is 5.97 Å². The van der Waals surface area contributed by atoms with Gasteiger partial charge < -0.3 is 9.90 Å². The molecule has 0 spiro atoms. The second kappa shape index (κ2) is 5.21. The van der Waals surface area contributed by atoms with Gasteiger partial charge in [-0.25, -0.2) is 0 Å². The predicted octanol–water partition coefficient (Wildman–Crippen LogP) is -3.01. The summed E-state index contributed by atoms with van der Waals surface area (Å²) in [5, 5.41) is 18.2. The molecule has 0 unspecified atom stereocenters. The Morgan fingerprint density at radius 3 is 2.93 bits per heavy atom. The Bertz CT molecular complexity index is 431. The number of carboxylic acids is 1. The number of allylic oxidation sites excluding steroid dienone is 5. The molecular weight excluding hydrogens is 203 g/mol. The molecule has 70 valence electrons. The number of fused-ring (bicyclic) bond motifs is 1. The summed E-state index contributed by atoms with van der Waals surface area (Å²) in [6, 6.07) is 0. The fourth-order valence-corrected chi connectivity index (χ4v) is 1.30. The summed E-state index contributed by atoms with van der Waals surface area (Å²) in [7, 11) is 0. The molecule has 0 fully saturated rings. The largest absolute Gasteiger partial charge is 1.00 e. The van der Waals surface area contributed by atoms with Crippen LogP contribution in [0.15, 0.2) is 45.7 Å². The zero-order valence-electron chi connectivity index (χ0n) is 8.30. The van der Waals surface area contributed by atoms with Gasteiger partial charge in [-0.2, -0.15) is 10.2 Å². The monoisotopic (exact) mass is 210 g/mol. The van der Waals surface area contributed by atoms with Gasteiger partial charge in [0.2, 0.25) is 0 Å². The summed E-state index contributed by atoms with van der Waals surface area (Å²) >= 11 is 0. The van der Waals surface area contributed by atoms with Crippen LogP contribution in [0.25, 0.3) is 0 Å². The first-order valence-corrected chi connectivity index (χ1v) is 4.16. The van der Waals surface area contributed by atoms with E-state index >= 15 is 0 Å². The van der Waals surface area contributed by atoms with Crippen molar-refractivity contribution in [1.82, 2.24) is 0 Å². The van der Waals surface area contributed by atoms with Crippen LogP contribution >= 0.6 is 0 Å². The second-order valence-corrected chi connectivity index (χ2v) is 2.95. The maximum Gasteiger partial charge on any atom is 1.00 e. The van der Waals surface area contributed by atoms with Crippen LogP contribution in [0, 0.1) is 0 Å². The van der Waals surface area contributed by atoms with E-state index in [0.29, 0.717) is 5.71 Å². The van der Waals surface area contributed by atoms with Crippen molar-refractivity contribution in [3.8, 4) is 0 Å². The molecule has 15 heavy (non-hydrogen) atoms. The third-order valence-corrected chi connectivity index (χ3v) is 2.02. The number of carbonyl (C=O) groups excluding carboxylic acids is 1. The standard InChI is InChI=1S/C10H8N2O2.Na/c13-10(14)8-4-3-7-2-1-5-11-12-9(7)6-8;/h1-5H,6H2,(H,13,14);/q;+1/p-1. The van der Waals surface area contributed by atoms with Crippen LogP contribution in [0.1, 0.15) is 6.42 Å². The quantitative estimate of drug-likeness (QED) is 0.433. The number of hydrogen-bond acceptors (Lipinski definition) is 4. The molecule has 0 aromatic rings. The Labute approximate surface area is 109 Å². The van der Waals surface area contributed by atoms with Gasteiger partial charge in [0.05, 0.1) is 11.7 Å². The van der Waals surface area contributed by atoms with E-state index in [1.54, 1.807) is 24.4 Å². The third-order valence-electron chi connectivity index (χ3n) is 2.02. The zero-order chi connectivity index (χ0) is 9.97. The molecule has 0 radical (unpaired) electrons. The minimum atomic E-state index is -1.15. The van der Waals surface area contributed by atoms with Crippen LogP contribution in [0.3, 0.4) is 0 Å². The number of carboxylic acid groups (broad SMARTS) is 1. The first-order chi connectivity index (χ1) is 6.77. The summed E-state index contributed by atoms with van der Waals surface area (Å²) in [5.41, 5.74) is 1.79. The first-order valence-electron chi connectivity index (χ1n) is 4.16. The van der Waals surface area contributed by atoms with E-state index in [0.717, 1.165) is 5.57 Å². The predicted molar refractivity (Wildman–Crippen MR) is 50.9 cm³/mol. The van der Waals surface area contributed by atoms with Gasteiger partial charge in [-0.05, 0) is 17.2 Å². The van der Waals surface area contributed by atoms with E-state index in [-0.39, 0.29) is 41.6 Å². The van der Waals surface area contributed by atoms with Gasteiger partial charge in [-0.3, -0.25) is 0 Å². The van der Waals surface area contributed by atoms with Crippen molar-refractivity contribution in [3.05, 3.63) is 35.5 Å². The first kappa shape index (κ1) is 12.1. The van der Waals surface area contributed by atoms with E-state index in [1.165, 1.54) is 0 Å². The van der Waals surface area contributed by atoms with Crippen LogP contribution in [-0.4, -0.2) is 17.9 Å². The molecule has 0 aromatic heterocycles. The van der Waals surface area contributed by atoms with Crippen LogP contribution in [0.5, 0.6) is 0 Å². The van der Waals surface area contributed by atoms with Gasteiger partial charge in [0.15, 0.2) is 0 Å². The van der Waals surface area contributed by atoms with Gasteiger partial charge in [0.1, 0.15) is 0 Å². The van der Waals surface area contributed by atoms with Crippen molar-refractivity contribution >= 4 is 17.9 Å². The molecule has 4 nitrogen and oxygen atoms in total. The minimum absolute atomic E-state index is 0. The molecule has 0 saturated carbocycles. The second-order valence-electron chi connectivity index (χ2n) is 2.95. The number of carbonyl (C=O) groups is 1. The molecule has 2 aliphatic rings. The third kappa shape index (κ3) is 2.75. The normalized spacial score (nSPS) is 17.7. The molecule has 1 heterocycles. The summed E-state index contributed by atoms with van der Waals surface area (Å²) in [4.78, 5) is 10.6. The topological polar surface area (TPSA) is 64.8 Å². The fourth-order valence-electron chi connectivity index (χ4n) is 1.30. The van der Waals surface area contributed by atoms with E-state index in [4.69, 9.17) is 0 Å². The minimum Gasteiger partial charge on any atom is -0.545 e. The molecule has 0 atom stereocenters. The Kier molecular flexibility index (Phi) is 4.20. The molecule has 1 aliphatic heterocycles. The SMILES string of the molecule is O=C([O-])C1=CC=C2C=CC=NN=C2C1.[Na+]. The van der Waals surface area contributed by atoms with Crippen LogP contribution in [0.2, 0.25) is 0 Å².